The summed E-state index contributed by atoms with van der Waals surface area (Å²) in [4.78, 5) is 10.4. The van der Waals surface area contributed by atoms with Crippen LogP contribution in [0.1, 0.15) is 19.4 Å². The number of hydrogen-bond donors (Lipinski definition) is 1. The van der Waals surface area contributed by atoms with E-state index >= 15 is 0 Å². The minimum absolute atomic E-state index is 0.0167. The molecule has 0 aliphatic carbocycles. The topological polar surface area (TPSA) is 45.5 Å². The van der Waals surface area contributed by atoms with Crippen molar-refractivity contribution in [2.45, 2.75) is 24.9 Å². The van der Waals surface area contributed by atoms with E-state index in [0.29, 0.717) is 11.9 Å². The standard InChI is InChI=1S/C14H22F3N5S/c1-11-3-6-21(9-12(11)22-7-4-19-10-22)13(18-2)20-5-8-23-14(15,16)17/h4,7,10-12H,3,5-6,8-9H2,1-2H3,(H,18,20). The molecule has 0 spiro atoms. The van der Waals surface area contributed by atoms with Crippen molar-refractivity contribution in [2.24, 2.45) is 10.9 Å². The molecule has 2 heterocycles. The first-order chi connectivity index (χ1) is 10.9. The molecule has 0 aromatic carbocycles. The van der Waals surface area contributed by atoms with Crippen LogP contribution in [0.5, 0.6) is 0 Å². The molecule has 1 aromatic heterocycles. The number of aromatic nitrogens is 2. The molecule has 1 fully saturated rings. The second-order valence-corrected chi connectivity index (χ2v) is 6.72. The lowest BCUT2D eigenvalue weighted by molar-refractivity contribution is -0.0327. The molecule has 23 heavy (non-hydrogen) atoms. The molecule has 1 aromatic rings. The molecule has 0 saturated carbocycles. The monoisotopic (exact) mass is 349 g/mol. The normalized spacial score (nSPS) is 23.2. The van der Waals surface area contributed by atoms with Crippen LogP contribution in [0.25, 0.3) is 0 Å². The highest BCUT2D eigenvalue weighted by Crippen LogP contribution is 2.29. The molecule has 130 valence electrons. The fraction of sp³-hybridized carbons (Fsp3) is 0.714. The van der Waals surface area contributed by atoms with Gasteiger partial charge in [0.25, 0.3) is 0 Å². The van der Waals surface area contributed by atoms with Crippen LogP contribution in [0.4, 0.5) is 13.2 Å². The van der Waals surface area contributed by atoms with Gasteiger partial charge in [0.1, 0.15) is 0 Å². The van der Waals surface area contributed by atoms with E-state index in [0.717, 1.165) is 19.5 Å². The number of alkyl halides is 3. The maximum atomic E-state index is 12.2. The zero-order chi connectivity index (χ0) is 16.9. The van der Waals surface area contributed by atoms with Crippen molar-refractivity contribution in [3.63, 3.8) is 0 Å². The summed E-state index contributed by atoms with van der Waals surface area (Å²) in [5.74, 6) is 1.14. The van der Waals surface area contributed by atoms with Crippen molar-refractivity contribution in [1.29, 1.82) is 0 Å². The van der Waals surface area contributed by atoms with Crippen LogP contribution in [-0.4, -0.2) is 58.4 Å². The quantitative estimate of drug-likeness (QED) is 0.516. The molecule has 2 rings (SSSR count). The van der Waals surface area contributed by atoms with Crippen molar-refractivity contribution in [3.05, 3.63) is 18.7 Å². The van der Waals surface area contributed by atoms with E-state index in [1.54, 1.807) is 19.6 Å². The van der Waals surface area contributed by atoms with Gasteiger partial charge in [-0.25, -0.2) is 4.98 Å². The van der Waals surface area contributed by atoms with Crippen LogP contribution in [0.2, 0.25) is 0 Å². The SMILES string of the molecule is CN=C(NCCSC(F)(F)F)N1CCC(C)C(n2ccnc2)C1. The van der Waals surface area contributed by atoms with Crippen LogP contribution >= 0.6 is 11.8 Å². The Labute approximate surface area is 138 Å². The summed E-state index contributed by atoms with van der Waals surface area (Å²) in [6, 6.07) is 0.286. The highest BCUT2D eigenvalue weighted by molar-refractivity contribution is 8.00. The molecule has 9 heteroatoms. The molecular formula is C14H22F3N5S. The smallest absolute Gasteiger partial charge is 0.355 e. The molecule has 0 bridgehead atoms. The average Bonchev–Trinajstić information content (AvgIpc) is 3.01. The number of rotatable bonds is 4. The van der Waals surface area contributed by atoms with Gasteiger partial charge in [-0.15, -0.1) is 0 Å². The summed E-state index contributed by atoms with van der Waals surface area (Å²) in [5, 5.41) is 3.02. The highest BCUT2D eigenvalue weighted by Gasteiger charge is 2.30. The number of hydrogen-bond acceptors (Lipinski definition) is 3. The Hall–Kier alpha value is -1.38. The van der Waals surface area contributed by atoms with Crippen molar-refractivity contribution < 1.29 is 13.2 Å². The predicted octanol–water partition coefficient (Wildman–Crippen LogP) is 2.59. The summed E-state index contributed by atoms with van der Waals surface area (Å²) >= 11 is -0.0167. The second-order valence-electron chi connectivity index (χ2n) is 5.56. The zero-order valence-corrected chi connectivity index (χ0v) is 14.1. The first kappa shape index (κ1) is 18.0. The van der Waals surface area contributed by atoms with Crippen molar-refractivity contribution in [2.75, 3.05) is 32.4 Å². The Kier molecular flexibility index (Phi) is 6.20. The lowest BCUT2D eigenvalue weighted by Gasteiger charge is -2.39. The number of nitrogens with one attached hydrogen (secondary N) is 1. The average molecular weight is 349 g/mol. The largest absolute Gasteiger partial charge is 0.441 e. The van der Waals surface area contributed by atoms with Gasteiger partial charge in [0.15, 0.2) is 5.96 Å². The maximum absolute atomic E-state index is 12.2. The Balaban J connectivity index is 1.88. The number of nitrogens with zero attached hydrogens (tertiary/aromatic N) is 4. The van der Waals surface area contributed by atoms with Crippen molar-refractivity contribution in [3.8, 4) is 0 Å². The van der Waals surface area contributed by atoms with Crippen LogP contribution < -0.4 is 5.32 Å². The van der Waals surface area contributed by atoms with Crippen LogP contribution in [0, 0.1) is 5.92 Å². The fourth-order valence-corrected chi connectivity index (χ4v) is 3.19. The lowest BCUT2D eigenvalue weighted by atomic mass is 9.93. The minimum atomic E-state index is -4.18. The van der Waals surface area contributed by atoms with E-state index in [1.165, 1.54) is 0 Å². The van der Waals surface area contributed by atoms with E-state index < -0.39 is 5.51 Å². The zero-order valence-electron chi connectivity index (χ0n) is 13.3. The first-order valence-corrected chi connectivity index (χ1v) is 8.53. The second kappa shape index (κ2) is 7.94. The Morgan fingerprint density at radius 2 is 2.26 bits per heavy atom. The van der Waals surface area contributed by atoms with Crippen molar-refractivity contribution in [1.82, 2.24) is 19.8 Å². The molecular weight excluding hydrogens is 327 g/mol. The molecule has 1 saturated heterocycles. The van der Waals surface area contributed by atoms with Crippen LogP contribution in [0.15, 0.2) is 23.7 Å². The molecule has 2 atom stereocenters. The summed E-state index contributed by atoms with van der Waals surface area (Å²) in [6.07, 6.45) is 6.51. The molecule has 5 nitrogen and oxygen atoms in total. The van der Waals surface area contributed by atoms with Gasteiger partial charge in [0.2, 0.25) is 0 Å². The fourth-order valence-electron chi connectivity index (χ4n) is 2.76. The molecule has 1 N–H and O–H groups in total. The van der Waals surface area contributed by atoms with E-state index in [1.807, 2.05) is 6.20 Å². The number of guanidine groups is 1. The maximum Gasteiger partial charge on any atom is 0.441 e. The van der Waals surface area contributed by atoms with E-state index in [9.17, 15) is 13.2 Å². The molecule has 1 aliphatic rings. The third-order valence-corrected chi connectivity index (χ3v) is 4.72. The van der Waals surface area contributed by atoms with Gasteiger partial charge in [-0.05, 0) is 24.1 Å². The summed E-state index contributed by atoms with van der Waals surface area (Å²) < 4.78 is 38.5. The minimum Gasteiger partial charge on any atom is -0.355 e. The summed E-state index contributed by atoms with van der Waals surface area (Å²) in [5.41, 5.74) is -4.18. The van der Waals surface area contributed by atoms with Gasteiger partial charge >= 0.3 is 5.51 Å². The molecule has 1 aliphatic heterocycles. The third-order valence-electron chi connectivity index (χ3n) is 3.99. The first-order valence-electron chi connectivity index (χ1n) is 7.54. The van der Waals surface area contributed by atoms with Gasteiger partial charge in [-0.2, -0.15) is 13.2 Å². The van der Waals surface area contributed by atoms with Crippen LogP contribution in [0.3, 0.4) is 0 Å². The van der Waals surface area contributed by atoms with Gasteiger partial charge < -0.3 is 14.8 Å². The molecule has 2 unspecified atom stereocenters. The van der Waals surface area contributed by atoms with E-state index in [-0.39, 0.29) is 30.1 Å². The number of halogens is 3. The lowest BCUT2D eigenvalue weighted by Crippen LogP contribution is -2.49. The Morgan fingerprint density at radius 3 is 2.87 bits per heavy atom. The van der Waals surface area contributed by atoms with Crippen LogP contribution in [-0.2, 0) is 0 Å². The number of piperidine rings is 1. The predicted molar refractivity (Wildman–Crippen MR) is 86.5 cm³/mol. The molecule has 0 amide bonds. The van der Waals surface area contributed by atoms with E-state index in [2.05, 4.69) is 31.7 Å². The van der Waals surface area contributed by atoms with E-state index in [4.69, 9.17) is 0 Å². The molecule has 0 radical (unpaired) electrons. The number of likely N-dealkylation sites (tertiary alicyclic amines) is 1. The Morgan fingerprint density at radius 1 is 1.48 bits per heavy atom. The summed E-state index contributed by atoms with van der Waals surface area (Å²) in [6.45, 7) is 4.05. The Bertz CT molecular complexity index is 503. The number of aliphatic imine (C=N–C) groups is 1. The van der Waals surface area contributed by atoms with Gasteiger partial charge in [-0.3, -0.25) is 4.99 Å². The van der Waals surface area contributed by atoms with Crippen molar-refractivity contribution >= 4 is 17.7 Å². The summed E-state index contributed by atoms with van der Waals surface area (Å²) in [7, 11) is 1.66. The highest BCUT2D eigenvalue weighted by atomic mass is 32.2. The van der Waals surface area contributed by atoms with Gasteiger partial charge in [0, 0.05) is 44.8 Å². The number of imidazole rings is 1. The van der Waals surface area contributed by atoms with Gasteiger partial charge in [-0.1, -0.05) is 6.92 Å². The third kappa shape index (κ3) is 5.33. The van der Waals surface area contributed by atoms with Gasteiger partial charge in [0.05, 0.1) is 12.4 Å². The number of thioether (sulfide) groups is 1.